The van der Waals surface area contributed by atoms with Gasteiger partial charge in [-0.3, -0.25) is 4.79 Å². The fraction of sp³-hybridized carbons (Fsp3) is 0.200. The van der Waals surface area contributed by atoms with Gasteiger partial charge in [-0.05, 0) is 29.8 Å². The van der Waals surface area contributed by atoms with Crippen LogP contribution >= 0.6 is 23.4 Å². The molecule has 0 bridgehead atoms. The zero-order chi connectivity index (χ0) is 20.1. The second-order valence-electron chi connectivity index (χ2n) is 5.89. The molecule has 0 atom stereocenters. The molecular formula is C20H20ClN3O3S. The van der Waals surface area contributed by atoms with E-state index in [1.807, 2.05) is 35.9 Å². The first-order valence-electron chi connectivity index (χ1n) is 8.44. The monoisotopic (exact) mass is 417 g/mol. The number of aromatic nitrogens is 2. The summed E-state index contributed by atoms with van der Waals surface area (Å²) >= 11 is 7.31. The fourth-order valence-corrected chi connectivity index (χ4v) is 3.52. The third kappa shape index (κ3) is 4.61. The molecule has 0 fully saturated rings. The van der Waals surface area contributed by atoms with Gasteiger partial charge in [-0.2, -0.15) is 0 Å². The minimum Gasteiger partial charge on any atom is -0.497 e. The molecule has 1 N–H and O–H groups in total. The number of rotatable bonds is 7. The van der Waals surface area contributed by atoms with Crippen molar-refractivity contribution in [2.24, 2.45) is 7.05 Å². The van der Waals surface area contributed by atoms with Crippen LogP contribution in [0.4, 0.5) is 5.69 Å². The molecule has 0 saturated carbocycles. The lowest BCUT2D eigenvalue weighted by Crippen LogP contribution is -2.15. The van der Waals surface area contributed by atoms with Crippen molar-refractivity contribution in [3.8, 4) is 22.8 Å². The number of nitrogens with one attached hydrogen (secondary N) is 1. The highest BCUT2D eigenvalue weighted by molar-refractivity contribution is 7.99. The molecule has 1 heterocycles. The number of hydrogen-bond acceptors (Lipinski definition) is 5. The number of hydrogen-bond donors (Lipinski definition) is 1. The molecule has 146 valence electrons. The van der Waals surface area contributed by atoms with Gasteiger partial charge >= 0.3 is 0 Å². The largest absolute Gasteiger partial charge is 0.497 e. The first-order chi connectivity index (χ1) is 13.5. The third-order valence-corrected chi connectivity index (χ3v) is 5.39. The van der Waals surface area contributed by atoms with E-state index >= 15 is 0 Å². The molecule has 0 aliphatic heterocycles. The Balaban J connectivity index is 1.66. The zero-order valence-electron chi connectivity index (χ0n) is 15.7. The van der Waals surface area contributed by atoms with Crippen LogP contribution in [0, 0.1) is 0 Å². The fourth-order valence-electron chi connectivity index (χ4n) is 2.64. The molecular weight excluding hydrogens is 398 g/mol. The Morgan fingerprint density at radius 2 is 1.93 bits per heavy atom. The van der Waals surface area contributed by atoms with E-state index in [-0.39, 0.29) is 11.7 Å². The van der Waals surface area contributed by atoms with Gasteiger partial charge in [0.1, 0.15) is 11.5 Å². The first kappa shape index (κ1) is 20.1. The summed E-state index contributed by atoms with van der Waals surface area (Å²) in [6.07, 6.45) is 1.79. The Morgan fingerprint density at radius 3 is 2.61 bits per heavy atom. The van der Waals surface area contributed by atoms with Crippen molar-refractivity contribution in [3.63, 3.8) is 0 Å². The molecule has 1 amide bonds. The Hall–Kier alpha value is -2.64. The summed E-state index contributed by atoms with van der Waals surface area (Å²) in [7, 11) is 5.04. The number of ether oxygens (including phenoxy) is 2. The van der Waals surface area contributed by atoms with Gasteiger partial charge in [0, 0.05) is 18.1 Å². The quantitative estimate of drug-likeness (QED) is 0.574. The number of benzene rings is 2. The number of anilines is 1. The summed E-state index contributed by atoms with van der Waals surface area (Å²) in [5.41, 5.74) is 2.53. The van der Waals surface area contributed by atoms with Crippen molar-refractivity contribution in [1.82, 2.24) is 9.55 Å². The van der Waals surface area contributed by atoms with Gasteiger partial charge in [-0.15, -0.1) is 0 Å². The normalized spacial score (nSPS) is 10.6. The Bertz CT molecular complexity index is 973. The molecule has 2 aromatic carbocycles. The minimum absolute atomic E-state index is 0.160. The number of methoxy groups -OCH3 is 2. The molecule has 28 heavy (non-hydrogen) atoms. The number of nitrogens with zero attached hydrogens (tertiary/aromatic N) is 2. The van der Waals surface area contributed by atoms with Gasteiger partial charge in [0.05, 0.1) is 37.6 Å². The number of halogens is 1. The maximum Gasteiger partial charge on any atom is 0.234 e. The lowest BCUT2D eigenvalue weighted by molar-refractivity contribution is -0.113. The number of carbonyl (C=O) groups excluding carboxylic acids is 1. The highest BCUT2D eigenvalue weighted by Gasteiger charge is 2.13. The van der Waals surface area contributed by atoms with E-state index in [1.54, 1.807) is 38.6 Å². The highest BCUT2D eigenvalue weighted by Crippen LogP contribution is 2.30. The van der Waals surface area contributed by atoms with Crippen LogP contribution in [0.15, 0.2) is 53.8 Å². The van der Waals surface area contributed by atoms with Crippen LogP contribution in [0.3, 0.4) is 0 Å². The molecule has 0 radical (unpaired) electrons. The van der Waals surface area contributed by atoms with E-state index in [1.165, 1.54) is 11.8 Å². The number of imidazole rings is 1. The molecule has 1 aromatic heterocycles. The average molecular weight is 418 g/mol. The van der Waals surface area contributed by atoms with Crippen molar-refractivity contribution < 1.29 is 14.3 Å². The van der Waals surface area contributed by atoms with E-state index in [2.05, 4.69) is 10.3 Å². The van der Waals surface area contributed by atoms with E-state index in [9.17, 15) is 4.79 Å². The number of thioether (sulfide) groups is 1. The summed E-state index contributed by atoms with van der Waals surface area (Å²) in [6.45, 7) is 0. The van der Waals surface area contributed by atoms with Crippen LogP contribution in [0.2, 0.25) is 5.02 Å². The summed E-state index contributed by atoms with van der Waals surface area (Å²) < 4.78 is 12.4. The van der Waals surface area contributed by atoms with Crippen molar-refractivity contribution >= 4 is 35.0 Å². The second-order valence-corrected chi connectivity index (χ2v) is 7.27. The Kier molecular flexibility index (Phi) is 6.49. The summed E-state index contributed by atoms with van der Waals surface area (Å²) in [5.74, 6) is 1.26. The molecule has 3 rings (SSSR count). The van der Waals surface area contributed by atoms with Crippen LogP contribution in [0.5, 0.6) is 11.5 Å². The van der Waals surface area contributed by atoms with Crippen LogP contribution in [-0.2, 0) is 11.8 Å². The molecule has 0 aliphatic carbocycles. The van der Waals surface area contributed by atoms with Gasteiger partial charge in [-0.25, -0.2) is 4.98 Å². The van der Waals surface area contributed by atoms with Gasteiger partial charge in [-0.1, -0.05) is 35.5 Å². The number of amides is 1. The topological polar surface area (TPSA) is 65.4 Å². The number of carbonyl (C=O) groups is 1. The third-order valence-electron chi connectivity index (χ3n) is 4.10. The minimum atomic E-state index is -0.160. The van der Waals surface area contributed by atoms with Gasteiger partial charge < -0.3 is 19.4 Å². The Labute approximate surface area is 172 Å². The molecule has 0 saturated heterocycles. The maximum absolute atomic E-state index is 12.4. The first-order valence-corrected chi connectivity index (χ1v) is 9.80. The smallest absolute Gasteiger partial charge is 0.234 e. The SMILES string of the molecule is COc1ccc(OC)c(NC(=O)CSc2ncc(-c3ccc(Cl)cc3)n2C)c1. The van der Waals surface area contributed by atoms with E-state index in [0.29, 0.717) is 22.2 Å². The van der Waals surface area contributed by atoms with Gasteiger partial charge in [0.25, 0.3) is 0 Å². The standard InChI is InChI=1S/C20H20ClN3O3S/c1-24-17(13-4-6-14(21)7-5-13)11-22-20(24)28-12-19(25)23-16-10-15(26-2)8-9-18(16)27-3/h4-11H,12H2,1-3H3,(H,23,25). The van der Waals surface area contributed by atoms with Crippen molar-refractivity contribution in [2.75, 3.05) is 25.3 Å². The predicted octanol–water partition coefficient (Wildman–Crippen LogP) is 4.49. The summed E-state index contributed by atoms with van der Waals surface area (Å²) in [5, 5.41) is 4.29. The van der Waals surface area contributed by atoms with E-state index in [0.717, 1.165) is 16.4 Å². The van der Waals surface area contributed by atoms with E-state index in [4.69, 9.17) is 21.1 Å². The van der Waals surface area contributed by atoms with Crippen LogP contribution < -0.4 is 14.8 Å². The van der Waals surface area contributed by atoms with Crippen LogP contribution in [-0.4, -0.2) is 35.4 Å². The second kappa shape index (κ2) is 9.03. The molecule has 0 spiro atoms. The lowest BCUT2D eigenvalue weighted by atomic mass is 10.2. The summed E-state index contributed by atoms with van der Waals surface area (Å²) in [6, 6.07) is 12.8. The molecule has 3 aromatic rings. The average Bonchev–Trinajstić information content (AvgIpc) is 3.07. The van der Waals surface area contributed by atoms with Crippen molar-refractivity contribution in [1.29, 1.82) is 0 Å². The lowest BCUT2D eigenvalue weighted by Gasteiger charge is -2.11. The van der Waals surface area contributed by atoms with Crippen molar-refractivity contribution in [3.05, 3.63) is 53.7 Å². The molecule has 0 aliphatic rings. The van der Waals surface area contributed by atoms with Gasteiger partial charge in [0.2, 0.25) is 5.91 Å². The molecule has 6 nitrogen and oxygen atoms in total. The van der Waals surface area contributed by atoms with Gasteiger partial charge in [0.15, 0.2) is 5.16 Å². The highest BCUT2D eigenvalue weighted by atomic mass is 35.5. The predicted molar refractivity (Wildman–Crippen MR) is 113 cm³/mol. The maximum atomic E-state index is 12.4. The zero-order valence-corrected chi connectivity index (χ0v) is 17.3. The summed E-state index contributed by atoms with van der Waals surface area (Å²) in [4.78, 5) is 16.8. The molecule has 0 unspecified atom stereocenters. The van der Waals surface area contributed by atoms with Crippen molar-refractivity contribution in [2.45, 2.75) is 5.16 Å². The Morgan fingerprint density at radius 1 is 1.18 bits per heavy atom. The van der Waals surface area contributed by atoms with E-state index < -0.39 is 0 Å². The molecule has 8 heteroatoms. The van der Waals surface area contributed by atoms with Crippen LogP contribution in [0.1, 0.15) is 0 Å². The van der Waals surface area contributed by atoms with Crippen LogP contribution in [0.25, 0.3) is 11.3 Å².